The lowest BCUT2D eigenvalue weighted by molar-refractivity contribution is -0.384. The number of nitrogens with zero attached hydrogens (tertiary/aromatic N) is 2. The molecule has 0 amide bonds. The summed E-state index contributed by atoms with van der Waals surface area (Å²) in [6, 6.07) is 17.4. The Morgan fingerprint density at radius 3 is 2.46 bits per heavy atom. The lowest BCUT2D eigenvalue weighted by atomic mass is 10.00. The Bertz CT molecular complexity index is 914. The number of hydrogen-bond donors (Lipinski definition) is 1. The maximum atomic E-state index is 10.9. The molecule has 4 rings (SSSR count). The minimum absolute atomic E-state index is 0.130. The lowest BCUT2D eigenvalue weighted by Gasteiger charge is -2.09. The number of aromatic nitrogens is 1. The van der Waals surface area contributed by atoms with Crippen molar-refractivity contribution in [3.8, 4) is 11.1 Å². The van der Waals surface area contributed by atoms with E-state index >= 15 is 0 Å². The van der Waals surface area contributed by atoms with E-state index in [2.05, 4.69) is 40.3 Å². The van der Waals surface area contributed by atoms with Crippen LogP contribution in [0.25, 0.3) is 11.1 Å². The zero-order valence-corrected chi connectivity index (χ0v) is 14.5. The molecule has 0 spiro atoms. The number of nitrogens with one attached hydrogen (secondary N) is 1. The zero-order valence-electron chi connectivity index (χ0n) is 14.5. The average Bonchev–Trinajstić information content (AvgIpc) is 2.83. The van der Waals surface area contributed by atoms with Crippen LogP contribution in [0.3, 0.4) is 0 Å². The van der Waals surface area contributed by atoms with E-state index < -0.39 is 0 Å². The molecule has 0 saturated carbocycles. The van der Waals surface area contributed by atoms with Gasteiger partial charge in [0, 0.05) is 49.1 Å². The number of hydrogen-bond acceptors (Lipinski definition) is 3. The van der Waals surface area contributed by atoms with Crippen molar-refractivity contribution in [2.75, 3.05) is 13.1 Å². The molecule has 0 unspecified atom stereocenters. The van der Waals surface area contributed by atoms with Gasteiger partial charge in [0.25, 0.3) is 5.69 Å². The monoisotopic (exact) mass is 347 g/mol. The quantitative estimate of drug-likeness (QED) is 0.577. The van der Waals surface area contributed by atoms with Gasteiger partial charge in [-0.15, -0.1) is 0 Å². The molecule has 1 aromatic heterocycles. The zero-order chi connectivity index (χ0) is 17.9. The van der Waals surface area contributed by atoms with Gasteiger partial charge in [-0.2, -0.15) is 0 Å². The molecule has 132 valence electrons. The molecular formula is C21H21N3O2. The first-order chi connectivity index (χ1) is 12.7. The molecule has 1 aliphatic heterocycles. The van der Waals surface area contributed by atoms with Crippen LogP contribution in [0.15, 0.2) is 60.8 Å². The second kappa shape index (κ2) is 7.14. The van der Waals surface area contributed by atoms with E-state index in [-0.39, 0.29) is 10.6 Å². The molecule has 2 aromatic carbocycles. The van der Waals surface area contributed by atoms with Gasteiger partial charge >= 0.3 is 0 Å². The van der Waals surface area contributed by atoms with Crippen LogP contribution in [-0.4, -0.2) is 22.6 Å². The minimum Gasteiger partial charge on any atom is -0.346 e. The van der Waals surface area contributed by atoms with Crippen LogP contribution in [0.5, 0.6) is 0 Å². The Kier molecular flexibility index (Phi) is 4.54. The summed E-state index contributed by atoms with van der Waals surface area (Å²) in [7, 11) is 0. The topological polar surface area (TPSA) is 60.1 Å². The molecule has 26 heavy (non-hydrogen) atoms. The first-order valence-corrected chi connectivity index (χ1v) is 8.93. The highest BCUT2D eigenvalue weighted by atomic mass is 16.6. The molecule has 5 heteroatoms. The van der Waals surface area contributed by atoms with Gasteiger partial charge in [0.05, 0.1) is 4.92 Å². The van der Waals surface area contributed by atoms with Crippen LogP contribution >= 0.6 is 0 Å². The Hall–Kier alpha value is -2.92. The number of fused-ring (bicyclic) bond motifs is 1. The summed E-state index contributed by atoms with van der Waals surface area (Å²) >= 11 is 0. The number of nitro groups is 1. The summed E-state index contributed by atoms with van der Waals surface area (Å²) in [6.07, 6.45) is 4.18. The molecule has 0 atom stereocenters. The van der Waals surface area contributed by atoms with E-state index in [1.807, 2.05) is 18.2 Å². The Labute approximate surface area is 152 Å². The fraction of sp³-hybridized carbons (Fsp3) is 0.238. The third-order valence-corrected chi connectivity index (χ3v) is 4.98. The minimum atomic E-state index is -0.352. The predicted molar refractivity (Wildman–Crippen MR) is 102 cm³/mol. The van der Waals surface area contributed by atoms with Gasteiger partial charge in [-0.05, 0) is 41.8 Å². The first kappa shape index (κ1) is 16.5. The molecule has 0 aliphatic carbocycles. The van der Waals surface area contributed by atoms with Crippen LogP contribution < -0.4 is 5.32 Å². The number of non-ortho nitro benzene ring substituents is 1. The highest BCUT2D eigenvalue weighted by Gasteiger charge is 2.19. The van der Waals surface area contributed by atoms with Gasteiger partial charge in [0.1, 0.15) is 0 Å². The fourth-order valence-corrected chi connectivity index (χ4v) is 3.69. The summed E-state index contributed by atoms with van der Waals surface area (Å²) < 4.78 is 2.34. The van der Waals surface area contributed by atoms with Crippen LogP contribution in [-0.2, 0) is 19.4 Å². The molecule has 3 aromatic rings. The largest absolute Gasteiger partial charge is 0.346 e. The van der Waals surface area contributed by atoms with Crippen LogP contribution in [0, 0.1) is 10.1 Å². The molecule has 0 saturated heterocycles. The summed E-state index contributed by atoms with van der Waals surface area (Å²) in [6.45, 7) is 2.78. The normalized spacial score (nSPS) is 13.8. The number of nitro benzene ring substituents is 1. The van der Waals surface area contributed by atoms with Gasteiger partial charge in [-0.25, -0.2) is 0 Å². The average molecular weight is 347 g/mol. The summed E-state index contributed by atoms with van der Waals surface area (Å²) in [5, 5.41) is 14.4. The van der Waals surface area contributed by atoms with Gasteiger partial charge in [0.15, 0.2) is 0 Å². The fourth-order valence-electron chi connectivity index (χ4n) is 3.69. The van der Waals surface area contributed by atoms with Gasteiger partial charge < -0.3 is 9.88 Å². The van der Waals surface area contributed by atoms with E-state index in [1.165, 1.54) is 22.4 Å². The van der Waals surface area contributed by atoms with Crippen molar-refractivity contribution in [1.29, 1.82) is 0 Å². The molecule has 1 aliphatic rings. The highest BCUT2D eigenvalue weighted by Crippen LogP contribution is 2.31. The standard InChI is InChI=1S/C21H21N3O2/c25-24(26)18-8-6-17(7-9-18)20-15-23(14-16-4-2-1-3-5-16)21-11-13-22-12-10-19(20)21/h1-9,15,22H,10-14H2. The smallest absolute Gasteiger partial charge is 0.269 e. The van der Waals surface area contributed by atoms with Gasteiger partial charge in [-0.3, -0.25) is 10.1 Å². The van der Waals surface area contributed by atoms with E-state index in [4.69, 9.17) is 0 Å². The molecule has 0 radical (unpaired) electrons. The molecule has 0 bridgehead atoms. The van der Waals surface area contributed by atoms with Crippen molar-refractivity contribution in [2.24, 2.45) is 0 Å². The van der Waals surface area contributed by atoms with E-state index in [0.717, 1.165) is 38.0 Å². The summed E-state index contributed by atoms with van der Waals surface area (Å²) in [5.41, 5.74) is 6.37. The van der Waals surface area contributed by atoms with Gasteiger partial charge in [0.2, 0.25) is 0 Å². The molecule has 5 nitrogen and oxygen atoms in total. The Balaban J connectivity index is 1.75. The van der Waals surface area contributed by atoms with Crippen LogP contribution in [0.1, 0.15) is 16.8 Å². The number of benzene rings is 2. The van der Waals surface area contributed by atoms with Crippen molar-refractivity contribution >= 4 is 5.69 Å². The van der Waals surface area contributed by atoms with Crippen molar-refractivity contribution in [3.05, 3.63) is 87.7 Å². The molecule has 1 N–H and O–H groups in total. The summed E-state index contributed by atoms with van der Waals surface area (Å²) in [5.74, 6) is 0. The Morgan fingerprint density at radius 1 is 1.00 bits per heavy atom. The first-order valence-electron chi connectivity index (χ1n) is 8.93. The third kappa shape index (κ3) is 3.26. The second-order valence-electron chi connectivity index (χ2n) is 6.64. The van der Waals surface area contributed by atoms with E-state index in [0.29, 0.717) is 0 Å². The van der Waals surface area contributed by atoms with Crippen molar-refractivity contribution < 1.29 is 4.92 Å². The van der Waals surface area contributed by atoms with Crippen molar-refractivity contribution in [2.45, 2.75) is 19.4 Å². The maximum absolute atomic E-state index is 10.9. The summed E-state index contributed by atoms with van der Waals surface area (Å²) in [4.78, 5) is 10.6. The van der Waals surface area contributed by atoms with E-state index in [1.54, 1.807) is 12.1 Å². The molecule has 0 fully saturated rings. The third-order valence-electron chi connectivity index (χ3n) is 4.98. The van der Waals surface area contributed by atoms with Crippen LogP contribution in [0.4, 0.5) is 5.69 Å². The van der Waals surface area contributed by atoms with Crippen molar-refractivity contribution in [1.82, 2.24) is 9.88 Å². The predicted octanol–water partition coefficient (Wildman–Crippen LogP) is 3.80. The SMILES string of the molecule is O=[N+]([O-])c1ccc(-c2cn(Cc3ccccc3)c3c2CCNCC3)cc1. The Morgan fingerprint density at radius 2 is 1.73 bits per heavy atom. The lowest BCUT2D eigenvalue weighted by Crippen LogP contribution is -2.17. The maximum Gasteiger partial charge on any atom is 0.269 e. The van der Waals surface area contributed by atoms with E-state index in [9.17, 15) is 10.1 Å². The van der Waals surface area contributed by atoms with Crippen molar-refractivity contribution in [3.63, 3.8) is 0 Å². The molecule has 2 heterocycles. The number of rotatable bonds is 4. The van der Waals surface area contributed by atoms with Gasteiger partial charge in [-0.1, -0.05) is 30.3 Å². The van der Waals surface area contributed by atoms with Crippen LogP contribution in [0.2, 0.25) is 0 Å². The second-order valence-corrected chi connectivity index (χ2v) is 6.64. The highest BCUT2D eigenvalue weighted by molar-refractivity contribution is 5.70. The molecular weight excluding hydrogens is 326 g/mol.